The number of likely N-dealkylation sites (tertiary alicyclic amines) is 1. The third-order valence-corrected chi connectivity index (χ3v) is 4.59. The van der Waals surface area contributed by atoms with Crippen molar-refractivity contribution in [1.29, 1.82) is 0 Å². The highest BCUT2D eigenvalue weighted by Crippen LogP contribution is 2.45. The molecule has 118 valence electrons. The van der Waals surface area contributed by atoms with Gasteiger partial charge in [0, 0.05) is 23.2 Å². The van der Waals surface area contributed by atoms with Gasteiger partial charge in [0.1, 0.15) is 5.60 Å². The average molecular weight is 367 g/mol. The summed E-state index contributed by atoms with van der Waals surface area (Å²) >= 11 is 3.41. The fourth-order valence-electron chi connectivity index (χ4n) is 3.10. The Bertz CT molecular complexity index is 653. The Balaban J connectivity index is 1.85. The number of benzene rings is 1. The molecule has 5 nitrogen and oxygen atoms in total. The van der Waals surface area contributed by atoms with Gasteiger partial charge in [-0.3, -0.25) is 4.79 Å². The maximum Gasteiger partial charge on any atom is 0.410 e. The first-order valence-corrected chi connectivity index (χ1v) is 8.10. The minimum Gasteiger partial charge on any atom is -0.444 e. The Kier molecular flexibility index (Phi) is 3.47. The van der Waals surface area contributed by atoms with Crippen LogP contribution in [0.15, 0.2) is 22.7 Å². The Morgan fingerprint density at radius 3 is 2.82 bits per heavy atom. The summed E-state index contributed by atoms with van der Waals surface area (Å²) in [6, 6.07) is 5.78. The van der Waals surface area contributed by atoms with E-state index in [1.807, 2.05) is 39.0 Å². The smallest absolute Gasteiger partial charge is 0.410 e. The van der Waals surface area contributed by atoms with Crippen LogP contribution in [0, 0.1) is 0 Å². The fraction of sp³-hybridized carbons (Fsp3) is 0.500. The Morgan fingerprint density at radius 1 is 1.41 bits per heavy atom. The van der Waals surface area contributed by atoms with Crippen LogP contribution in [0.3, 0.4) is 0 Å². The van der Waals surface area contributed by atoms with E-state index in [2.05, 4.69) is 21.2 Å². The zero-order chi connectivity index (χ0) is 16.1. The topological polar surface area (TPSA) is 58.6 Å². The van der Waals surface area contributed by atoms with Crippen molar-refractivity contribution in [2.24, 2.45) is 0 Å². The number of carbonyl (C=O) groups is 2. The molecule has 0 radical (unpaired) electrons. The van der Waals surface area contributed by atoms with Gasteiger partial charge in [-0.25, -0.2) is 4.79 Å². The number of fused-ring (bicyclic) bond motifs is 2. The summed E-state index contributed by atoms with van der Waals surface area (Å²) < 4.78 is 6.34. The van der Waals surface area contributed by atoms with Crippen molar-refractivity contribution in [1.82, 2.24) is 4.90 Å². The van der Waals surface area contributed by atoms with Crippen LogP contribution in [0.25, 0.3) is 0 Å². The number of hydrogen-bond acceptors (Lipinski definition) is 3. The molecule has 2 aliphatic rings. The van der Waals surface area contributed by atoms with Crippen LogP contribution in [-0.2, 0) is 14.9 Å². The molecule has 2 amide bonds. The molecule has 0 saturated carbocycles. The molecule has 0 unspecified atom stereocenters. The maximum absolute atomic E-state index is 12.5. The fourth-order valence-corrected chi connectivity index (χ4v) is 3.46. The van der Waals surface area contributed by atoms with E-state index in [0.717, 1.165) is 15.7 Å². The van der Waals surface area contributed by atoms with Crippen molar-refractivity contribution in [3.05, 3.63) is 28.2 Å². The summed E-state index contributed by atoms with van der Waals surface area (Å²) in [4.78, 5) is 26.4. The van der Waals surface area contributed by atoms with Crippen molar-refractivity contribution >= 4 is 33.6 Å². The largest absolute Gasteiger partial charge is 0.444 e. The van der Waals surface area contributed by atoms with Gasteiger partial charge in [-0.05, 0) is 44.9 Å². The molecule has 1 atom stereocenters. The lowest BCUT2D eigenvalue weighted by Gasteiger charge is -2.26. The van der Waals surface area contributed by atoms with Crippen molar-refractivity contribution in [2.75, 3.05) is 18.4 Å². The molecule has 1 spiro atoms. The second-order valence-electron chi connectivity index (χ2n) is 6.88. The van der Waals surface area contributed by atoms with Gasteiger partial charge < -0.3 is 15.0 Å². The van der Waals surface area contributed by atoms with Gasteiger partial charge in [-0.1, -0.05) is 22.0 Å². The third-order valence-electron chi connectivity index (χ3n) is 4.10. The lowest BCUT2D eigenvalue weighted by Crippen LogP contribution is -2.41. The van der Waals surface area contributed by atoms with Crippen molar-refractivity contribution in [2.45, 2.75) is 38.2 Å². The van der Waals surface area contributed by atoms with Gasteiger partial charge in [0.05, 0.1) is 5.41 Å². The molecule has 1 aromatic carbocycles. The monoisotopic (exact) mass is 366 g/mol. The molecule has 6 heteroatoms. The molecule has 0 bridgehead atoms. The average Bonchev–Trinajstić information content (AvgIpc) is 2.92. The van der Waals surface area contributed by atoms with E-state index >= 15 is 0 Å². The third kappa shape index (κ3) is 2.49. The Hall–Kier alpha value is -1.56. The molecule has 22 heavy (non-hydrogen) atoms. The molecular weight excluding hydrogens is 348 g/mol. The number of rotatable bonds is 0. The zero-order valence-electron chi connectivity index (χ0n) is 12.9. The Labute approximate surface area is 138 Å². The molecule has 2 heterocycles. The number of nitrogens with zero attached hydrogens (tertiary/aromatic N) is 1. The molecule has 3 rings (SSSR count). The van der Waals surface area contributed by atoms with Gasteiger partial charge in [0.25, 0.3) is 0 Å². The zero-order valence-corrected chi connectivity index (χ0v) is 14.5. The van der Waals surface area contributed by atoms with Gasteiger partial charge in [0.2, 0.25) is 5.91 Å². The molecule has 1 saturated heterocycles. The molecular formula is C16H19BrN2O3. The number of carbonyl (C=O) groups excluding carboxylic acids is 2. The van der Waals surface area contributed by atoms with Crippen LogP contribution in [0.2, 0.25) is 0 Å². The van der Waals surface area contributed by atoms with Crippen molar-refractivity contribution < 1.29 is 14.3 Å². The standard InChI is InChI=1S/C16H19BrN2O3/c1-15(2,3)22-14(21)19-7-6-16(9-19)11-5-4-10(17)8-12(11)18-13(16)20/h4-5,8H,6-7,9H2,1-3H3,(H,18,20)/t16-/m0/s1. The van der Waals surface area contributed by atoms with Gasteiger partial charge >= 0.3 is 6.09 Å². The molecule has 2 aliphatic heterocycles. The normalized spacial score (nSPS) is 23.6. The number of hydrogen-bond donors (Lipinski definition) is 1. The first-order chi connectivity index (χ1) is 10.2. The quantitative estimate of drug-likeness (QED) is 0.766. The second kappa shape index (κ2) is 4.98. The summed E-state index contributed by atoms with van der Waals surface area (Å²) in [5.41, 5.74) is 0.609. The summed E-state index contributed by atoms with van der Waals surface area (Å²) in [7, 11) is 0. The van der Waals surface area contributed by atoms with E-state index in [1.165, 1.54) is 0 Å². The first-order valence-electron chi connectivity index (χ1n) is 7.31. The maximum atomic E-state index is 12.5. The number of halogens is 1. The van der Waals surface area contributed by atoms with E-state index in [-0.39, 0.29) is 12.0 Å². The number of amides is 2. The minimum absolute atomic E-state index is 0.0355. The molecule has 1 fully saturated rings. The summed E-state index contributed by atoms with van der Waals surface area (Å²) in [5.74, 6) is -0.0355. The number of ether oxygens (including phenoxy) is 1. The minimum atomic E-state index is -0.646. The summed E-state index contributed by atoms with van der Waals surface area (Å²) in [5, 5.41) is 2.93. The summed E-state index contributed by atoms with van der Waals surface area (Å²) in [6.07, 6.45) is 0.259. The van der Waals surface area contributed by atoms with Crippen molar-refractivity contribution in [3.63, 3.8) is 0 Å². The molecule has 0 aromatic heterocycles. The molecule has 1 N–H and O–H groups in total. The van der Waals surface area contributed by atoms with E-state index in [0.29, 0.717) is 19.5 Å². The van der Waals surface area contributed by atoms with E-state index in [9.17, 15) is 9.59 Å². The number of anilines is 1. The highest BCUT2D eigenvalue weighted by molar-refractivity contribution is 9.10. The van der Waals surface area contributed by atoms with Crippen LogP contribution < -0.4 is 5.32 Å². The molecule has 1 aromatic rings. The van der Waals surface area contributed by atoms with Gasteiger partial charge in [0.15, 0.2) is 0 Å². The summed E-state index contributed by atoms with van der Waals surface area (Å²) in [6.45, 7) is 6.41. The van der Waals surface area contributed by atoms with Crippen LogP contribution in [-0.4, -0.2) is 35.6 Å². The lowest BCUT2D eigenvalue weighted by atomic mass is 9.81. The van der Waals surface area contributed by atoms with Gasteiger partial charge in [-0.15, -0.1) is 0 Å². The Morgan fingerprint density at radius 2 is 2.14 bits per heavy atom. The SMILES string of the molecule is CC(C)(C)OC(=O)N1CC[C@@]2(C1)C(=O)Nc1cc(Br)ccc12. The predicted octanol–water partition coefficient (Wildman–Crippen LogP) is 3.28. The van der Waals surface area contributed by atoms with Gasteiger partial charge in [-0.2, -0.15) is 0 Å². The van der Waals surface area contributed by atoms with Crippen LogP contribution in [0.1, 0.15) is 32.8 Å². The second-order valence-corrected chi connectivity index (χ2v) is 7.79. The van der Waals surface area contributed by atoms with E-state index < -0.39 is 11.0 Å². The number of nitrogens with one attached hydrogen (secondary N) is 1. The first kappa shape index (κ1) is 15.3. The highest BCUT2D eigenvalue weighted by atomic mass is 79.9. The van der Waals surface area contributed by atoms with Crippen molar-refractivity contribution in [3.8, 4) is 0 Å². The van der Waals surface area contributed by atoms with Crippen LogP contribution in [0.5, 0.6) is 0 Å². The molecule has 0 aliphatic carbocycles. The van der Waals surface area contributed by atoms with E-state index in [1.54, 1.807) is 4.90 Å². The van der Waals surface area contributed by atoms with Crippen LogP contribution >= 0.6 is 15.9 Å². The van der Waals surface area contributed by atoms with E-state index in [4.69, 9.17) is 4.74 Å². The predicted molar refractivity (Wildman–Crippen MR) is 86.9 cm³/mol. The lowest BCUT2D eigenvalue weighted by molar-refractivity contribution is -0.120. The van der Waals surface area contributed by atoms with Crippen LogP contribution in [0.4, 0.5) is 10.5 Å². The highest BCUT2D eigenvalue weighted by Gasteiger charge is 2.52.